The molecule has 0 aliphatic heterocycles. The average Bonchev–Trinajstić information content (AvgIpc) is 2.65. The molecule has 0 saturated heterocycles. The molecule has 28 heavy (non-hydrogen) atoms. The number of fused-ring (bicyclic) bond motifs is 1. The third-order valence-electron chi connectivity index (χ3n) is 4.07. The second-order valence-corrected chi connectivity index (χ2v) is 6.33. The van der Waals surface area contributed by atoms with Crippen LogP contribution in [0.15, 0.2) is 48.5 Å². The van der Waals surface area contributed by atoms with Crippen LogP contribution in [0, 0.1) is 6.92 Å². The first-order valence-electron chi connectivity index (χ1n) is 8.50. The molecular weight excluding hydrogens is 371 g/mol. The Labute approximate surface area is 159 Å². The second-order valence-electron chi connectivity index (χ2n) is 6.33. The number of alkyl halides is 3. The van der Waals surface area contributed by atoms with Gasteiger partial charge in [0.05, 0.1) is 12.1 Å². The van der Waals surface area contributed by atoms with Gasteiger partial charge in [-0.2, -0.15) is 13.2 Å². The molecule has 1 amide bonds. The van der Waals surface area contributed by atoms with Crippen LogP contribution >= 0.6 is 0 Å². The summed E-state index contributed by atoms with van der Waals surface area (Å²) in [7, 11) is 1.62. The molecule has 0 saturated carbocycles. The van der Waals surface area contributed by atoms with E-state index in [1.807, 2.05) is 31.2 Å². The monoisotopic (exact) mass is 389 g/mol. The second kappa shape index (κ2) is 7.84. The van der Waals surface area contributed by atoms with E-state index >= 15 is 0 Å². The zero-order chi connectivity index (χ0) is 20.3. The van der Waals surface area contributed by atoms with Gasteiger partial charge in [0.25, 0.3) is 5.91 Å². The predicted octanol–water partition coefficient (Wildman–Crippen LogP) is 4.15. The van der Waals surface area contributed by atoms with Gasteiger partial charge in [-0.25, -0.2) is 9.97 Å². The van der Waals surface area contributed by atoms with E-state index in [2.05, 4.69) is 14.7 Å². The molecule has 3 rings (SSSR count). The number of halogens is 3. The number of nitrogens with zero attached hydrogens (tertiary/aromatic N) is 3. The van der Waals surface area contributed by atoms with E-state index in [0.717, 1.165) is 16.6 Å². The van der Waals surface area contributed by atoms with E-state index in [1.165, 1.54) is 29.2 Å². The molecule has 8 heteroatoms. The highest BCUT2D eigenvalue weighted by molar-refractivity contribution is 5.94. The maximum Gasteiger partial charge on any atom is 0.422 e. The number of hydrogen-bond donors (Lipinski definition) is 0. The summed E-state index contributed by atoms with van der Waals surface area (Å²) in [6.45, 7) is 0.713. The molecule has 5 nitrogen and oxygen atoms in total. The first kappa shape index (κ1) is 19.6. The fourth-order valence-corrected chi connectivity index (χ4v) is 2.73. The van der Waals surface area contributed by atoms with Gasteiger partial charge in [-0.15, -0.1) is 0 Å². The van der Waals surface area contributed by atoms with Gasteiger partial charge in [-0.1, -0.05) is 18.2 Å². The molecule has 0 unspecified atom stereocenters. The topological polar surface area (TPSA) is 55.3 Å². The predicted molar refractivity (Wildman–Crippen MR) is 98.1 cm³/mol. The van der Waals surface area contributed by atoms with Crippen LogP contribution in [-0.2, 0) is 6.54 Å². The molecular formula is C20H18F3N3O2. The highest BCUT2D eigenvalue weighted by atomic mass is 19.4. The molecule has 1 heterocycles. The third kappa shape index (κ3) is 4.76. The van der Waals surface area contributed by atoms with Crippen LogP contribution in [0.4, 0.5) is 13.2 Å². The summed E-state index contributed by atoms with van der Waals surface area (Å²) < 4.78 is 41.2. The molecule has 0 aliphatic rings. The van der Waals surface area contributed by atoms with Gasteiger partial charge in [-0.05, 0) is 37.3 Å². The molecule has 0 radical (unpaired) electrons. The van der Waals surface area contributed by atoms with Crippen molar-refractivity contribution in [1.29, 1.82) is 0 Å². The number of hydrogen-bond acceptors (Lipinski definition) is 4. The van der Waals surface area contributed by atoms with Gasteiger partial charge in [0.1, 0.15) is 11.6 Å². The van der Waals surface area contributed by atoms with Crippen molar-refractivity contribution < 1.29 is 22.7 Å². The van der Waals surface area contributed by atoms with Crippen molar-refractivity contribution in [2.24, 2.45) is 0 Å². The normalized spacial score (nSPS) is 11.5. The third-order valence-corrected chi connectivity index (χ3v) is 4.07. The zero-order valence-corrected chi connectivity index (χ0v) is 15.3. The first-order chi connectivity index (χ1) is 13.2. The Morgan fingerprint density at radius 2 is 1.75 bits per heavy atom. The van der Waals surface area contributed by atoms with E-state index in [-0.39, 0.29) is 18.2 Å². The highest BCUT2D eigenvalue weighted by Gasteiger charge is 2.28. The fraction of sp³-hybridized carbons (Fsp3) is 0.250. The lowest BCUT2D eigenvalue weighted by molar-refractivity contribution is -0.153. The van der Waals surface area contributed by atoms with Crippen LogP contribution in [0.3, 0.4) is 0 Å². The summed E-state index contributed by atoms with van der Waals surface area (Å²) in [6.07, 6.45) is -4.41. The minimum atomic E-state index is -4.41. The smallest absolute Gasteiger partial charge is 0.422 e. The Bertz CT molecular complexity index is 988. The van der Waals surface area contributed by atoms with Crippen LogP contribution in [0.1, 0.15) is 21.9 Å². The largest absolute Gasteiger partial charge is 0.484 e. The number of benzene rings is 2. The quantitative estimate of drug-likeness (QED) is 0.658. The fourth-order valence-electron chi connectivity index (χ4n) is 2.73. The maximum atomic E-state index is 12.6. The molecule has 146 valence electrons. The van der Waals surface area contributed by atoms with Crippen LogP contribution in [-0.4, -0.2) is 40.6 Å². The Morgan fingerprint density at radius 3 is 2.43 bits per heavy atom. The van der Waals surface area contributed by atoms with E-state index in [9.17, 15) is 18.0 Å². The van der Waals surface area contributed by atoms with Crippen molar-refractivity contribution >= 4 is 16.8 Å². The van der Waals surface area contributed by atoms with Gasteiger partial charge in [0.2, 0.25) is 0 Å². The van der Waals surface area contributed by atoms with Crippen LogP contribution in [0.25, 0.3) is 10.9 Å². The Hall–Kier alpha value is -3.16. The molecule has 1 aromatic heterocycles. The van der Waals surface area contributed by atoms with Gasteiger partial charge >= 0.3 is 6.18 Å². The lowest BCUT2D eigenvalue weighted by Crippen LogP contribution is -2.27. The minimum absolute atomic E-state index is 0.0463. The number of rotatable bonds is 5. The number of para-hydroxylation sites is 1. The molecule has 3 aromatic rings. The lowest BCUT2D eigenvalue weighted by Gasteiger charge is -2.17. The SMILES string of the molecule is Cc1nc(CN(C)C(=O)c2ccc(OCC(F)(F)F)cc2)nc2ccccc12. The van der Waals surface area contributed by atoms with Crippen LogP contribution < -0.4 is 4.74 Å². The number of amides is 1. The summed E-state index contributed by atoms with van der Waals surface area (Å²) in [5.41, 5.74) is 1.96. The number of carbonyl (C=O) groups is 1. The molecule has 0 atom stereocenters. The van der Waals surface area contributed by atoms with Crippen LogP contribution in [0.2, 0.25) is 0 Å². The molecule has 0 bridgehead atoms. The van der Waals surface area contributed by atoms with E-state index < -0.39 is 12.8 Å². The van der Waals surface area contributed by atoms with E-state index in [1.54, 1.807) is 7.05 Å². The maximum absolute atomic E-state index is 12.6. The van der Waals surface area contributed by atoms with Crippen molar-refractivity contribution in [3.8, 4) is 5.75 Å². The molecule has 0 spiro atoms. The summed E-state index contributed by atoms with van der Waals surface area (Å²) in [5.74, 6) is 0.263. The van der Waals surface area contributed by atoms with Crippen molar-refractivity contribution in [2.45, 2.75) is 19.6 Å². The Balaban J connectivity index is 1.69. The number of ether oxygens (including phenoxy) is 1. The molecule has 2 aromatic carbocycles. The van der Waals surface area contributed by atoms with Crippen molar-refractivity contribution in [1.82, 2.24) is 14.9 Å². The lowest BCUT2D eigenvalue weighted by atomic mass is 10.2. The summed E-state index contributed by atoms with van der Waals surface area (Å²) in [6, 6.07) is 13.1. The number of carbonyl (C=O) groups excluding carboxylic acids is 1. The van der Waals surface area contributed by atoms with E-state index in [0.29, 0.717) is 11.4 Å². The van der Waals surface area contributed by atoms with Crippen molar-refractivity contribution in [3.05, 3.63) is 65.6 Å². The van der Waals surface area contributed by atoms with E-state index in [4.69, 9.17) is 0 Å². The highest BCUT2D eigenvalue weighted by Crippen LogP contribution is 2.20. The molecule has 0 aliphatic carbocycles. The zero-order valence-electron chi connectivity index (χ0n) is 15.3. The molecule has 0 fully saturated rings. The first-order valence-corrected chi connectivity index (χ1v) is 8.50. The summed E-state index contributed by atoms with van der Waals surface area (Å²) in [5, 5.41) is 0.953. The number of aromatic nitrogens is 2. The summed E-state index contributed by atoms with van der Waals surface area (Å²) >= 11 is 0. The molecule has 0 N–H and O–H groups in total. The Morgan fingerprint density at radius 1 is 1.07 bits per heavy atom. The van der Waals surface area contributed by atoms with Gasteiger partial charge in [0.15, 0.2) is 6.61 Å². The van der Waals surface area contributed by atoms with Gasteiger partial charge in [0, 0.05) is 23.7 Å². The minimum Gasteiger partial charge on any atom is -0.484 e. The van der Waals surface area contributed by atoms with Crippen molar-refractivity contribution in [2.75, 3.05) is 13.7 Å². The van der Waals surface area contributed by atoms with Crippen LogP contribution in [0.5, 0.6) is 5.75 Å². The Kier molecular flexibility index (Phi) is 5.48. The van der Waals surface area contributed by atoms with Crippen molar-refractivity contribution in [3.63, 3.8) is 0 Å². The standard InChI is InChI=1S/C20H18F3N3O2/c1-13-16-5-3-4-6-17(16)25-18(24-13)11-26(2)19(27)14-7-9-15(10-8-14)28-12-20(21,22)23/h3-10H,11-12H2,1-2H3. The average molecular weight is 389 g/mol. The number of aryl methyl sites for hydroxylation is 1. The van der Waals surface area contributed by atoms with Gasteiger partial charge < -0.3 is 9.64 Å². The summed E-state index contributed by atoms with van der Waals surface area (Å²) in [4.78, 5) is 23.0. The van der Waals surface area contributed by atoms with Gasteiger partial charge in [-0.3, -0.25) is 4.79 Å².